The molecule has 5 nitrogen and oxygen atoms in total. The average molecular weight is 429 g/mol. The monoisotopic (exact) mass is 428 g/mol. The number of hydrogen-bond acceptors (Lipinski definition) is 5. The molecule has 29 heavy (non-hydrogen) atoms. The van der Waals surface area contributed by atoms with Crippen LogP contribution in [0, 0.1) is 0 Å². The average Bonchev–Trinajstić information content (AvgIpc) is 3.11. The van der Waals surface area contributed by atoms with Gasteiger partial charge in [0.2, 0.25) is 5.88 Å². The van der Waals surface area contributed by atoms with Crippen LogP contribution in [0.2, 0.25) is 5.02 Å². The molecule has 1 aliphatic heterocycles. The first-order chi connectivity index (χ1) is 13.8. The van der Waals surface area contributed by atoms with Crippen LogP contribution in [-0.2, 0) is 15.7 Å². The van der Waals surface area contributed by atoms with Crippen LogP contribution in [-0.4, -0.2) is 30.1 Å². The summed E-state index contributed by atoms with van der Waals surface area (Å²) in [6.45, 7) is 2.97. The predicted octanol–water partition coefficient (Wildman–Crippen LogP) is 5.47. The molecule has 9 heteroatoms. The van der Waals surface area contributed by atoms with Crippen LogP contribution in [0.15, 0.2) is 36.5 Å². The van der Waals surface area contributed by atoms with Gasteiger partial charge in [-0.1, -0.05) is 11.6 Å². The van der Waals surface area contributed by atoms with Crippen molar-refractivity contribution in [2.75, 3.05) is 18.1 Å². The zero-order valence-corrected chi connectivity index (χ0v) is 16.5. The minimum atomic E-state index is -4.52. The van der Waals surface area contributed by atoms with E-state index >= 15 is 0 Å². The van der Waals surface area contributed by atoms with Crippen LogP contribution in [0.4, 0.5) is 18.9 Å². The summed E-state index contributed by atoms with van der Waals surface area (Å²) >= 11 is 5.87. The maximum absolute atomic E-state index is 12.7. The Balaban J connectivity index is 1.68. The first-order valence-corrected chi connectivity index (χ1v) is 9.58. The molecule has 0 spiro atoms. The standard InChI is InChI=1S/C20H20ClF3N2O3/c1-2-28-18(27)11-15-4-3-9-26(15)14-5-7-16(8-6-14)29-19-17(21)10-13(12-25-19)20(22,23)24/h5-8,10,12,15H,2-4,9,11H2,1H3/t15-/m0/s1. The first-order valence-electron chi connectivity index (χ1n) is 9.21. The van der Waals surface area contributed by atoms with E-state index in [2.05, 4.69) is 9.88 Å². The van der Waals surface area contributed by atoms with Gasteiger partial charge in [-0.3, -0.25) is 4.79 Å². The second kappa shape index (κ2) is 8.90. The van der Waals surface area contributed by atoms with Crippen LogP contribution < -0.4 is 9.64 Å². The number of carbonyl (C=O) groups excluding carboxylic acids is 1. The maximum Gasteiger partial charge on any atom is 0.417 e. The van der Waals surface area contributed by atoms with E-state index in [4.69, 9.17) is 21.1 Å². The first kappa shape index (κ1) is 21.2. The molecule has 0 radical (unpaired) electrons. The molecule has 1 saturated heterocycles. The summed E-state index contributed by atoms with van der Waals surface area (Å²) in [6, 6.07) is 7.89. The molecule has 3 rings (SSSR count). The molecular formula is C20H20ClF3N2O3. The second-order valence-corrected chi connectivity index (χ2v) is 7.01. The summed E-state index contributed by atoms with van der Waals surface area (Å²) in [7, 11) is 0. The SMILES string of the molecule is CCOC(=O)C[C@@H]1CCCN1c1ccc(Oc2ncc(C(F)(F)F)cc2Cl)cc1. The highest BCUT2D eigenvalue weighted by atomic mass is 35.5. The van der Waals surface area contributed by atoms with Crippen LogP contribution in [0.5, 0.6) is 11.6 Å². The van der Waals surface area contributed by atoms with Gasteiger partial charge in [-0.25, -0.2) is 4.98 Å². The number of esters is 1. The molecule has 0 aliphatic carbocycles. The van der Waals surface area contributed by atoms with Crippen molar-refractivity contribution in [1.29, 1.82) is 0 Å². The number of ether oxygens (including phenoxy) is 2. The highest BCUT2D eigenvalue weighted by molar-refractivity contribution is 6.31. The lowest BCUT2D eigenvalue weighted by molar-refractivity contribution is -0.143. The van der Waals surface area contributed by atoms with Crippen molar-refractivity contribution in [2.45, 2.75) is 38.4 Å². The third kappa shape index (κ3) is 5.32. The molecule has 1 aromatic heterocycles. The van der Waals surface area contributed by atoms with Crippen LogP contribution in [0.3, 0.4) is 0 Å². The van der Waals surface area contributed by atoms with E-state index in [1.165, 1.54) is 0 Å². The number of halogens is 4. The highest BCUT2D eigenvalue weighted by Crippen LogP contribution is 2.35. The van der Waals surface area contributed by atoms with Crippen molar-refractivity contribution >= 4 is 23.3 Å². The van der Waals surface area contributed by atoms with Crippen LogP contribution in [0.25, 0.3) is 0 Å². The van der Waals surface area contributed by atoms with E-state index in [0.717, 1.165) is 31.1 Å². The van der Waals surface area contributed by atoms with E-state index < -0.39 is 11.7 Å². The molecule has 1 aliphatic rings. The molecule has 0 bridgehead atoms. The van der Waals surface area contributed by atoms with Gasteiger partial charge in [0.25, 0.3) is 0 Å². The minimum absolute atomic E-state index is 0.0758. The fourth-order valence-corrected chi connectivity index (χ4v) is 3.48. The van der Waals surface area contributed by atoms with Crippen LogP contribution in [0.1, 0.15) is 31.7 Å². The number of nitrogens with zero attached hydrogens (tertiary/aromatic N) is 2. The largest absolute Gasteiger partial charge is 0.466 e. The number of benzene rings is 1. The second-order valence-electron chi connectivity index (χ2n) is 6.60. The van der Waals surface area contributed by atoms with E-state index in [1.807, 2.05) is 12.1 Å². The Hall–Kier alpha value is -2.48. The number of carbonyl (C=O) groups is 1. The molecule has 1 atom stereocenters. The fraction of sp³-hybridized carbons (Fsp3) is 0.400. The summed E-state index contributed by atoms with van der Waals surface area (Å²) in [6.07, 6.45) is -1.63. The number of pyridine rings is 1. The van der Waals surface area contributed by atoms with Crippen molar-refractivity contribution in [3.63, 3.8) is 0 Å². The van der Waals surface area contributed by atoms with E-state index in [-0.39, 0.29) is 22.9 Å². The van der Waals surface area contributed by atoms with Crippen molar-refractivity contribution in [3.05, 3.63) is 47.1 Å². The van der Waals surface area contributed by atoms with Gasteiger partial charge < -0.3 is 14.4 Å². The molecule has 0 N–H and O–H groups in total. The lowest BCUT2D eigenvalue weighted by Crippen LogP contribution is -2.31. The van der Waals surface area contributed by atoms with Crippen molar-refractivity contribution < 1.29 is 27.4 Å². The third-order valence-corrected chi connectivity index (χ3v) is 4.87. The summed E-state index contributed by atoms with van der Waals surface area (Å²) in [4.78, 5) is 17.6. The molecule has 156 valence electrons. The Morgan fingerprint density at radius 1 is 1.31 bits per heavy atom. The van der Waals surface area contributed by atoms with Gasteiger partial charge in [-0.2, -0.15) is 13.2 Å². The van der Waals surface area contributed by atoms with Gasteiger partial charge >= 0.3 is 12.1 Å². The van der Waals surface area contributed by atoms with Crippen molar-refractivity contribution in [3.8, 4) is 11.6 Å². The summed E-state index contributed by atoms with van der Waals surface area (Å²) < 4.78 is 48.7. The zero-order valence-electron chi connectivity index (χ0n) is 15.7. The van der Waals surface area contributed by atoms with Crippen LogP contribution >= 0.6 is 11.6 Å². The molecular weight excluding hydrogens is 409 g/mol. The summed E-state index contributed by atoms with van der Waals surface area (Å²) in [5.74, 6) is 0.0743. The van der Waals surface area contributed by atoms with E-state index in [1.54, 1.807) is 19.1 Å². The number of alkyl halides is 3. The van der Waals surface area contributed by atoms with Gasteiger partial charge in [0.05, 0.1) is 18.6 Å². The lowest BCUT2D eigenvalue weighted by Gasteiger charge is -2.26. The topological polar surface area (TPSA) is 51.7 Å². The van der Waals surface area contributed by atoms with E-state index in [9.17, 15) is 18.0 Å². The Bertz CT molecular complexity index is 859. The molecule has 2 heterocycles. The number of aromatic nitrogens is 1. The highest BCUT2D eigenvalue weighted by Gasteiger charge is 2.32. The molecule has 0 saturated carbocycles. The van der Waals surface area contributed by atoms with Gasteiger partial charge in [0.15, 0.2) is 0 Å². The number of anilines is 1. The molecule has 0 unspecified atom stereocenters. The maximum atomic E-state index is 12.7. The number of rotatable bonds is 6. The van der Waals surface area contributed by atoms with E-state index in [0.29, 0.717) is 25.0 Å². The minimum Gasteiger partial charge on any atom is -0.466 e. The van der Waals surface area contributed by atoms with Gasteiger partial charge in [-0.05, 0) is 50.1 Å². The Kier molecular flexibility index (Phi) is 6.52. The molecule has 0 amide bonds. The van der Waals surface area contributed by atoms with Crippen molar-refractivity contribution in [2.24, 2.45) is 0 Å². The molecule has 2 aromatic rings. The quantitative estimate of drug-likeness (QED) is 0.571. The van der Waals surface area contributed by atoms with Gasteiger partial charge in [-0.15, -0.1) is 0 Å². The molecule has 1 aromatic carbocycles. The lowest BCUT2D eigenvalue weighted by atomic mass is 10.1. The summed E-state index contributed by atoms with van der Waals surface area (Å²) in [5.41, 5.74) is -0.0116. The van der Waals surface area contributed by atoms with Gasteiger partial charge in [0.1, 0.15) is 10.8 Å². The molecule has 1 fully saturated rings. The van der Waals surface area contributed by atoms with Crippen molar-refractivity contribution in [1.82, 2.24) is 4.98 Å². The summed E-state index contributed by atoms with van der Waals surface area (Å²) in [5, 5.41) is -0.224. The smallest absolute Gasteiger partial charge is 0.417 e. The normalized spacial score (nSPS) is 16.7. The van der Waals surface area contributed by atoms with Gasteiger partial charge in [0, 0.05) is 24.5 Å². The Morgan fingerprint density at radius 2 is 2.03 bits per heavy atom. The third-order valence-electron chi connectivity index (χ3n) is 4.60. The zero-order chi connectivity index (χ0) is 21.0. The fourth-order valence-electron chi connectivity index (χ4n) is 3.27. The predicted molar refractivity (Wildman–Crippen MR) is 102 cm³/mol. The number of hydrogen-bond donors (Lipinski definition) is 0. The Labute approximate surface area is 171 Å². The Morgan fingerprint density at radius 3 is 2.66 bits per heavy atom.